The molecule has 1 unspecified atom stereocenters. The van der Waals surface area contributed by atoms with Crippen molar-refractivity contribution in [3.63, 3.8) is 0 Å². The first-order chi connectivity index (χ1) is 15.3. The molecule has 0 aliphatic heterocycles. The summed E-state index contributed by atoms with van der Waals surface area (Å²) in [4.78, 5) is 23.7. The number of ether oxygens (including phenoxy) is 2. The van der Waals surface area contributed by atoms with Gasteiger partial charge in [0.15, 0.2) is 0 Å². The van der Waals surface area contributed by atoms with Crippen molar-refractivity contribution in [1.82, 2.24) is 5.32 Å². The zero-order valence-corrected chi connectivity index (χ0v) is 18.5. The van der Waals surface area contributed by atoms with E-state index < -0.39 is 88.8 Å². The number of hydrogen-bond donors (Lipinski definition) is 2. The largest absolute Gasteiger partial charge is 0.466 e. The van der Waals surface area contributed by atoms with Crippen molar-refractivity contribution in [3.05, 3.63) is 12.2 Å². The summed E-state index contributed by atoms with van der Waals surface area (Å²) in [5, 5.41) is -4.37. The lowest BCUT2D eigenvalue weighted by Gasteiger charge is -2.34. The number of halogens is 10. The molecular weight excluding hydrogens is 540 g/mol. The van der Waals surface area contributed by atoms with Gasteiger partial charge in [-0.2, -0.15) is 52.3 Å². The van der Waals surface area contributed by atoms with E-state index in [-0.39, 0.29) is 0 Å². The smallest absolute Gasteiger partial charge is 0.412 e. The van der Waals surface area contributed by atoms with Gasteiger partial charge >= 0.3 is 51.3 Å². The molecule has 0 aromatic rings. The first kappa shape index (κ1) is 32.8. The molecule has 0 saturated carbocycles. The van der Waals surface area contributed by atoms with Gasteiger partial charge in [-0.05, 0) is 26.7 Å². The highest BCUT2D eigenvalue weighted by atomic mass is 32.2. The zero-order chi connectivity index (χ0) is 28.3. The van der Waals surface area contributed by atoms with Crippen molar-refractivity contribution in [2.75, 3.05) is 6.61 Å². The summed E-state index contributed by atoms with van der Waals surface area (Å²) in [6.07, 6.45) is -15.9. The monoisotopic (exact) mass is 559 g/mol. The lowest BCUT2D eigenvalue weighted by Crippen LogP contribution is -2.62. The van der Waals surface area contributed by atoms with E-state index in [0.29, 0.717) is 0 Å². The van der Waals surface area contributed by atoms with Crippen molar-refractivity contribution in [1.29, 1.82) is 0 Å². The Balaban J connectivity index is 5.79. The predicted molar refractivity (Wildman–Crippen MR) is 94.6 cm³/mol. The zero-order valence-electron chi connectivity index (χ0n) is 17.7. The highest BCUT2D eigenvalue weighted by Gasteiger charge is 2.67. The molecular formula is C16H19F10NO7S. The van der Waals surface area contributed by atoms with Gasteiger partial charge in [-0.15, -0.1) is 0 Å². The predicted octanol–water partition coefficient (Wildman–Crippen LogP) is 3.73. The second-order valence-corrected chi connectivity index (χ2v) is 8.57. The minimum absolute atomic E-state index is 1.05. The number of carbonyl (C=O) groups is 2. The number of nitrogens with one attached hydrogen (secondary N) is 1. The van der Waals surface area contributed by atoms with E-state index in [2.05, 4.69) is 16.1 Å². The van der Waals surface area contributed by atoms with E-state index in [1.54, 1.807) is 5.32 Å². The third-order valence-corrected chi connectivity index (χ3v) is 4.80. The van der Waals surface area contributed by atoms with Gasteiger partial charge in [0.1, 0.15) is 5.57 Å². The Morgan fingerprint density at radius 1 is 0.971 bits per heavy atom. The second kappa shape index (κ2) is 10.9. The second-order valence-electron chi connectivity index (χ2n) is 7.11. The average molecular weight is 559 g/mol. The van der Waals surface area contributed by atoms with Gasteiger partial charge in [-0.3, -0.25) is 9.35 Å². The molecule has 0 saturated heterocycles. The molecule has 1 atom stereocenters. The number of carbonyl (C=O) groups excluding carboxylic acids is 2. The van der Waals surface area contributed by atoms with Crippen LogP contribution in [-0.2, 0) is 29.2 Å². The molecule has 0 aromatic heterocycles. The van der Waals surface area contributed by atoms with Crippen molar-refractivity contribution in [3.8, 4) is 0 Å². The van der Waals surface area contributed by atoms with Crippen LogP contribution in [0.2, 0.25) is 0 Å². The number of amides is 1. The summed E-state index contributed by atoms with van der Waals surface area (Å²) >= 11 is 0. The Morgan fingerprint density at radius 3 is 1.83 bits per heavy atom. The molecule has 0 heterocycles. The minimum Gasteiger partial charge on any atom is -0.412 e. The van der Waals surface area contributed by atoms with Crippen LogP contribution in [0, 0.1) is 0 Å². The molecule has 2 N–H and O–H groups in total. The fourth-order valence-corrected chi connectivity index (χ4v) is 2.55. The summed E-state index contributed by atoms with van der Waals surface area (Å²) in [6.45, 7) is 2.94. The van der Waals surface area contributed by atoms with Crippen LogP contribution < -0.4 is 5.32 Å². The summed E-state index contributed by atoms with van der Waals surface area (Å²) in [5.74, 6) is -15.2. The molecule has 0 spiro atoms. The molecule has 0 aliphatic rings. The lowest BCUT2D eigenvalue weighted by atomic mass is 10.1. The summed E-state index contributed by atoms with van der Waals surface area (Å²) < 4.78 is 169. The summed E-state index contributed by atoms with van der Waals surface area (Å²) in [7, 11) is -6.58. The number of alkyl halides is 10. The van der Waals surface area contributed by atoms with Gasteiger partial charge in [0.05, 0.1) is 6.61 Å². The van der Waals surface area contributed by atoms with Crippen molar-refractivity contribution < 1.29 is 75.9 Å². The van der Waals surface area contributed by atoms with E-state index in [1.807, 2.05) is 0 Å². The SMILES string of the molecule is C=C(C(=O)OC(OCCCCC(F)(F)C(F)(F)S(=O)(=O)O)(C(=O)NC(C)C)C(F)(F)F)C(F)(F)F. The fraction of sp³-hybridized carbons (Fsp3) is 0.750. The van der Waals surface area contributed by atoms with Crippen LogP contribution in [0.4, 0.5) is 43.9 Å². The number of unbranched alkanes of at least 4 members (excludes halogenated alkanes) is 1. The topological polar surface area (TPSA) is 119 Å². The van der Waals surface area contributed by atoms with Gasteiger partial charge in [-0.25, -0.2) is 4.79 Å². The Bertz CT molecular complexity index is 899. The van der Waals surface area contributed by atoms with Crippen LogP contribution in [0.5, 0.6) is 0 Å². The number of esters is 1. The van der Waals surface area contributed by atoms with Gasteiger partial charge in [-0.1, -0.05) is 6.58 Å². The van der Waals surface area contributed by atoms with Crippen LogP contribution in [0.15, 0.2) is 12.2 Å². The van der Waals surface area contributed by atoms with Gasteiger partial charge in [0, 0.05) is 12.5 Å². The van der Waals surface area contributed by atoms with Crippen LogP contribution in [0.1, 0.15) is 33.1 Å². The summed E-state index contributed by atoms with van der Waals surface area (Å²) in [5.41, 5.74) is -2.46. The highest BCUT2D eigenvalue weighted by molar-refractivity contribution is 7.87. The molecule has 0 radical (unpaired) electrons. The molecule has 0 rings (SSSR count). The number of rotatable bonds is 12. The minimum atomic E-state index is -6.58. The first-order valence-electron chi connectivity index (χ1n) is 9.07. The maximum absolute atomic E-state index is 13.7. The van der Waals surface area contributed by atoms with E-state index in [0.717, 1.165) is 13.8 Å². The maximum Gasteiger partial charge on any atom is 0.466 e. The highest BCUT2D eigenvalue weighted by Crippen LogP contribution is 2.42. The third kappa shape index (κ3) is 7.92. The van der Waals surface area contributed by atoms with E-state index >= 15 is 0 Å². The lowest BCUT2D eigenvalue weighted by molar-refractivity contribution is -0.348. The maximum atomic E-state index is 13.7. The molecule has 0 bridgehead atoms. The Hall–Kier alpha value is -2.15. The van der Waals surface area contributed by atoms with Gasteiger partial charge in [0.2, 0.25) is 0 Å². The normalized spacial score (nSPS) is 15.5. The number of hydrogen-bond acceptors (Lipinski definition) is 6. The molecule has 0 fully saturated rings. The Kier molecular flexibility index (Phi) is 10.2. The molecule has 19 heteroatoms. The summed E-state index contributed by atoms with van der Waals surface area (Å²) in [6, 6.07) is -1.11. The molecule has 1 amide bonds. The fourth-order valence-electron chi connectivity index (χ4n) is 2.07. The van der Waals surface area contributed by atoms with Crippen LogP contribution in [0.3, 0.4) is 0 Å². The van der Waals surface area contributed by atoms with E-state index in [9.17, 15) is 61.9 Å². The molecule has 206 valence electrons. The molecule has 0 aliphatic carbocycles. The molecule has 8 nitrogen and oxygen atoms in total. The Morgan fingerprint density at radius 2 is 1.46 bits per heavy atom. The third-order valence-electron chi connectivity index (χ3n) is 3.86. The molecule has 35 heavy (non-hydrogen) atoms. The van der Waals surface area contributed by atoms with Crippen LogP contribution in [-0.4, -0.2) is 66.8 Å². The quantitative estimate of drug-likeness (QED) is 0.0934. The van der Waals surface area contributed by atoms with E-state index in [1.165, 1.54) is 0 Å². The van der Waals surface area contributed by atoms with Crippen LogP contribution in [0.25, 0.3) is 0 Å². The Labute approximate surface area is 191 Å². The molecule has 0 aromatic carbocycles. The van der Waals surface area contributed by atoms with Gasteiger partial charge in [0.25, 0.3) is 0 Å². The van der Waals surface area contributed by atoms with Crippen molar-refractivity contribution in [2.24, 2.45) is 0 Å². The van der Waals surface area contributed by atoms with Crippen LogP contribution >= 0.6 is 0 Å². The van der Waals surface area contributed by atoms with Crippen molar-refractivity contribution >= 4 is 22.0 Å². The first-order valence-corrected chi connectivity index (χ1v) is 10.5. The van der Waals surface area contributed by atoms with E-state index in [4.69, 9.17) is 4.55 Å². The van der Waals surface area contributed by atoms with Gasteiger partial charge < -0.3 is 14.8 Å². The standard InChI is InChI=1S/C16H19F10NO7S/c1-8(2)27-11(29)13(15(22,23)24,34-10(28)9(3)14(19,20)21)33-7-5-4-6-12(17,18)16(25,26)35(30,31)32/h8H,3-7H2,1-2H3,(H,27,29)(H,30,31,32). The average Bonchev–Trinajstić information content (AvgIpc) is 2.62. The van der Waals surface area contributed by atoms with Crippen molar-refractivity contribution in [2.45, 2.75) is 68.5 Å².